The van der Waals surface area contributed by atoms with Gasteiger partial charge in [-0.05, 0) is 78.9 Å². The topological polar surface area (TPSA) is 135 Å². The quantitative estimate of drug-likeness (QED) is 0.124. The third-order valence-corrected chi connectivity index (χ3v) is 7.43. The highest BCUT2D eigenvalue weighted by atomic mass is 16.6. The lowest BCUT2D eigenvalue weighted by Crippen LogP contribution is -2.39. The third-order valence-electron chi connectivity index (χ3n) is 7.43. The van der Waals surface area contributed by atoms with Crippen molar-refractivity contribution >= 4 is 17.8 Å². The van der Waals surface area contributed by atoms with E-state index in [4.69, 9.17) is 29.4 Å². The first-order chi connectivity index (χ1) is 22.6. The van der Waals surface area contributed by atoms with Crippen LogP contribution in [0.4, 0.5) is 0 Å². The molecule has 0 saturated heterocycles. The molecule has 0 aliphatic rings. The normalized spacial score (nSPS) is 11.3. The molecule has 0 spiro atoms. The first-order valence-electron chi connectivity index (χ1n) is 15.1. The maximum absolute atomic E-state index is 13.1. The van der Waals surface area contributed by atoms with Crippen molar-refractivity contribution in [3.05, 3.63) is 107 Å². The minimum atomic E-state index is -0.986. The summed E-state index contributed by atoms with van der Waals surface area (Å²) in [4.78, 5) is 37.5. The van der Waals surface area contributed by atoms with E-state index in [1.807, 2.05) is 24.3 Å². The number of benzene rings is 4. The van der Waals surface area contributed by atoms with Gasteiger partial charge in [-0.15, -0.1) is 0 Å². The van der Waals surface area contributed by atoms with Crippen LogP contribution in [0.3, 0.4) is 0 Å². The molecule has 1 atom stereocenters. The van der Waals surface area contributed by atoms with Crippen LogP contribution in [0.2, 0.25) is 0 Å². The summed E-state index contributed by atoms with van der Waals surface area (Å²) in [5.74, 6) is -0.168. The SMILES string of the molecule is COc1cc(CN[C@@H](CCC(N)=O)C(=O)OC(=O)c2ccc(-c3ccc(OCc4cc(C)cc(C)c4)cc3)cc2)cc(OC)c1OC. The zero-order chi connectivity index (χ0) is 33.9. The molecule has 4 rings (SSSR count). The Morgan fingerprint density at radius 3 is 1.85 bits per heavy atom. The minimum Gasteiger partial charge on any atom is -0.493 e. The molecular weight excluding hydrogens is 600 g/mol. The highest BCUT2D eigenvalue weighted by molar-refractivity contribution is 5.98. The third kappa shape index (κ3) is 9.57. The van der Waals surface area contributed by atoms with Crippen LogP contribution in [0.25, 0.3) is 11.1 Å². The highest BCUT2D eigenvalue weighted by Gasteiger charge is 2.24. The number of methoxy groups -OCH3 is 3. The van der Waals surface area contributed by atoms with Gasteiger partial charge in [0, 0.05) is 13.0 Å². The minimum absolute atomic E-state index is 0.0369. The van der Waals surface area contributed by atoms with E-state index in [0.29, 0.717) is 29.4 Å². The number of hydrogen-bond acceptors (Lipinski definition) is 9. The second-order valence-electron chi connectivity index (χ2n) is 11.1. The number of carbonyl (C=O) groups excluding carboxylic acids is 3. The van der Waals surface area contributed by atoms with Gasteiger partial charge in [-0.1, -0.05) is 53.6 Å². The molecule has 0 saturated carbocycles. The fraction of sp³-hybridized carbons (Fsp3) is 0.270. The lowest BCUT2D eigenvalue weighted by Gasteiger charge is -2.18. The molecule has 3 N–H and O–H groups in total. The van der Waals surface area contributed by atoms with Crippen molar-refractivity contribution in [1.82, 2.24) is 5.32 Å². The second kappa shape index (κ2) is 16.3. The van der Waals surface area contributed by atoms with Crippen molar-refractivity contribution in [1.29, 1.82) is 0 Å². The van der Waals surface area contributed by atoms with E-state index in [-0.39, 0.29) is 24.9 Å². The van der Waals surface area contributed by atoms with E-state index in [9.17, 15) is 14.4 Å². The Balaban J connectivity index is 1.37. The van der Waals surface area contributed by atoms with Crippen LogP contribution in [0.1, 0.15) is 45.5 Å². The molecule has 0 unspecified atom stereocenters. The highest BCUT2D eigenvalue weighted by Crippen LogP contribution is 2.38. The Bertz CT molecular complexity index is 1660. The molecule has 0 aliphatic heterocycles. The number of ether oxygens (including phenoxy) is 5. The van der Waals surface area contributed by atoms with Crippen LogP contribution >= 0.6 is 0 Å². The van der Waals surface area contributed by atoms with Gasteiger partial charge in [0.25, 0.3) is 0 Å². The standard InChI is InChI=1S/C37H40N2O8/c1-23-16-24(2)18-26(17-23)22-46-30-12-10-28(11-13-30)27-6-8-29(9-7-27)36(41)47-37(42)31(14-15-34(38)40)39-21-25-19-32(43-3)35(45-5)33(20-25)44-4/h6-13,16-20,31,39H,14-15,21-22H2,1-5H3,(H2,38,40)/t31-/m0/s1. The van der Waals surface area contributed by atoms with Crippen LogP contribution in [0.15, 0.2) is 78.9 Å². The summed E-state index contributed by atoms with van der Waals surface area (Å²) in [7, 11) is 4.50. The van der Waals surface area contributed by atoms with Gasteiger partial charge in [-0.25, -0.2) is 9.59 Å². The molecule has 0 heterocycles. The average Bonchev–Trinajstić information content (AvgIpc) is 3.06. The molecule has 4 aromatic carbocycles. The summed E-state index contributed by atoms with van der Waals surface area (Å²) in [5.41, 5.74) is 11.6. The maximum atomic E-state index is 13.1. The zero-order valence-electron chi connectivity index (χ0n) is 27.3. The summed E-state index contributed by atoms with van der Waals surface area (Å²) in [6.45, 7) is 4.78. The summed E-state index contributed by atoms with van der Waals surface area (Å²) in [6, 6.07) is 23.2. The lowest BCUT2D eigenvalue weighted by atomic mass is 10.0. The summed E-state index contributed by atoms with van der Waals surface area (Å²) < 4.78 is 27.3. The van der Waals surface area contributed by atoms with E-state index in [1.54, 1.807) is 36.4 Å². The number of rotatable bonds is 15. The molecule has 47 heavy (non-hydrogen) atoms. The fourth-order valence-corrected chi connectivity index (χ4v) is 5.15. The van der Waals surface area contributed by atoms with E-state index in [2.05, 4.69) is 37.4 Å². The number of aryl methyl sites for hydroxylation is 2. The number of nitrogens with one attached hydrogen (secondary N) is 1. The second-order valence-corrected chi connectivity index (χ2v) is 11.1. The zero-order valence-corrected chi connectivity index (χ0v) is 27.3. The number of esters is 2. The van der Waals surface area contributed by atoms with Crippen molar-refractivity contribution in [3.63, 3.8) is 0 Å². The van der Waals surface area contributed by atoms with Gasteiger partial charge in [0.2, 0.25) is 11.7 Å². The van der Waals surface area contributed by atoms with Crippen LogP contribution in [-0.2, 0) is 27.5 Å². The van der Waals surface area contributed by atoms with E-state index >= 15 is 0 Å². The van der Waals surface area contributed by atoms with E-state index < -0.39 is 23.9 Å². The van der Waals surface area contributed by atoms with Gasteiger partial charge in [-0.3, -0.25) is 4.79 Å². The number of carbonyl (C=O) groups is 3. The van der Waals surface area contributed by atoms with E-state index in [1.165, 1.54) is 32.5 Å². The molecule has 0 aliphatic carbocycles. The molecule has 10 heteroatoms. The molecule has 0 aromatic heterocycles. The molecule has 246 valence electrons. The number of amides is 1. The van der Waals surface area contributed by atoms with Crippen molar-refractivity contribution in [2.24, 2.45) is 5.73 Å². The van der Waals surface area contributed by atoms with Gasteiger partial charge >= 0.3 is 11.9 Å². The van der Waals surface area contributed by atoms with Crippen molar-refractivity contribution < 1.29 is 38.1 Å². The molecule has 0 bridgehead atoms. The molecule has 0 fully saturated rings. The predicted octanol–water partition coefficient (Wildman–Crippen LogP) is 5.68. The van der Waals surface area contributed by atoms with Crippen molar-refractivity contribution in [2.75, 3.05) is 21.3 Å². The first-order valence-corrected chi connectivity index (χ1v) is 15.1. The van der Waals surface area contributed by atoms with Crippen molar-refractivity contribution in [2.45, 2.75) is 45.9 Å². The van der Waals surface area contributed by atoms with Gasteiger partial charge in [0.05, 0.1) is 26.9 Å². The van der Waals surface area contributed by atoms with Gasteiger partial charge in [0.15, 0.2) is 11.5 Å². The Labute approximate surface area is 274 Å². The van der Waals surface area contributed by atoms with Crippen LogP contribution < -0.4 is 30.0 Å². The van der Waals surface area contributed by atoms with Gasteiger partial charge < -0.3 is 34.7 Å². The average molecular weight is 641 g/mol. The van der Waals surface area contributed by atoms with Gasteiger partial charge in [-0.2, -0.15) is 0 Å². The number of nitrogens with two attached hydrogens (primary N) is 1. The van der Waals surface area contributed by atoms with Crippen LogP contribution in [0, 0.1) is 13.8 Å². The fourth-order valence-electron chi connectivity index (χ4n) is 5.15. The Kier molecular flexibility index (Phi) is 12.0. The van der Waals surface area contributed by atoms with Crippen molar-refractivity contribution in [3.8, 4) is 34.1 Å². The lowest BCUT2D eigenvalue weighted by molar-refractivity contribution is -0.140. The molecule has 4 aromatic rings. The largest absolute Gasteiger partial charge is 0.493 e. The monoisotopic (exact) mass is 640 g/mol. The molecule has 0 radical (unpaired) electrons. The van der Waals surface area contributed by atoms with E-state index in [0.717, 1.165) is 22.4 Å². The van der Waals surface area contributed by atoms with Gasteiger partial charge in [0.1, 0.15) is 18.4 Å². The summed E-state index contributed by atoms with van der Waals surface area (Å²) in [6.07, 6.45) is -0.0461. The first kappa shape index (κ1) is 34.5. The Hall–Kier alpha value is -5.35. The molecular formula is C37H40N2O8. The van der Waals surface area contributed by atoms with Crippen LogP contribution in [0.5, 0.6) is 23.0 Å². The molecule has 1 amide bonds. The Morgan fingerprint density at radius 2 is 1.32 bits per heavy atom. The number of hydrogen-bond donors (Lipinski definition) is 2. The molecule has 10 nitrogen and oxygen atoms in total. The summed E-state index contributed by atoms with van der Waals surface area (Å²) in [5, 5.41) is 3.05. The predicted molar refractivity (Wildman–Crippen MR) is 178 cm³/mol. The number of primary amides is 1. The smallest absolute Gasteiger partial charge is 0.345 e. The van der Waals surface area contributed by atoms with Crippen LogP contribution in [-0.4, -0.2) is 45.2 Å². The Morgan fingerprint density at radius 1 is 0.745 bits per heavy atom. The summed E-state index contributed by atoms with van der Waals surface area (Å²) >= 11 is 0. The maximum Gasteiger partial charge on any atom is 0.345 e.